The van der Waals surface area contributed by atoms with E-state index in [1.54, 1.807) is 0 Å². The van der Waals surface area contributed by atoms with Crippen LogP contribution in [-0.2, 0) is 4.74 Å². The third-order valence-corrected chi connectivity index (χ3v) is 2.35. The van der Waals surface area contributed by atoms with Crippen LogP contribution in [-0.4, -0.2) is 26.4 Å². The molecule has 1 aromatic rings. The first-order valence-electron chi connectivity index (χ1n) is 5.38. The van der Waals surface area contributed by atoms with Crippen molar-refractivity contribution in [3.05, 3.63) is 29.8 Å². The highest BCUT2D eigenvalue weighted by molar-refractivity contribution is 6.20. The van der Waals surface area contributed by atoms with E-state index in [4.69, 9.17) is 26.8 Å². The molecule has 0 aliphatic carbocycles. The Morgan fingerprint density at radius 1 is 1.19 bits per heavy atom. The Kier molecular flexibility index (Phi) is 6.23. The van der Waals surface area contributed by atoms with E-state index < -0.39 is 0 Å². The zero-order chi connectivity index (χ0) is 11.8. The third kappa shape index (κ3) is 4.84. The number of ether oxygens (including phenoxy) is 2. The molecule has 3 nitrogen and oxygen atoms in total. The van der Waals surface area contributed by atoms with Crippen LogP contribution < -0.4 is 10.5 Å². The molecule has 0 spiro atoms. The molecule has 0 aliphatic rings. The lowest BCUT2D eigenvalue weighted by Crippen LogP contribution is -2.13. The van der Waals surface area contributed by atoms with Crippen molar-refractivity contribution in [1.82, 2.24) is 0 Å². The van der Waals surface area contributed by atoms with Gasteiger partial charge >= 0.3 is 0 Å². The first kappa shape index (κ1) is 13.3. The lowest BCUT2D eigenvalue weighted by Gasteiger charge is -2.08. The highest BCUT2D eigenvalue weighted by atomic mass is 35.5. The van der Waals surface area contributed by atoms with Gasteiger partial charge in [-0.2, -0.15) is 0 Å². The van der Waals surface area contributed by atoms with Crippen molar-refractivity contribution in [2.24, 2.45) is 5.73 Å². The van der Waals surface area contributed by atoms with Crippen LogP contribution in [0, 0.1) is 0 Å². The fraction of sp³-hybridized carbons (Fsp3) is 0.500. The first-order valence-corrected chi connectivity index (χ1v) is 5.82. The second-order valence-corrected chi connectivity index (χ2v) is 4.09. The second kappa shape index (κ2) is 7.49. The van der Waals surface area contributed by atoms with Gasteiger partial charge in [0.1, 0.15) is 12.4 Å². The van der Waals surface area contributed by atoms with Crippen LogP contribution in [0.15, 0.2) is 24.3 Å². The first-order chi connectivity index (χ1) is 7.74. The van der Waals surface area contributed by atoms with Gasteiger partial charge in [0, 0.05) is 6.54 Å². The molecule has 0 bridgehead atoms. The van der Waals surface area contributed by atoms with E-state index in [0.717, 1.165) is 11.3 Å². The van der Waals surface area contributed by atoms with Crippen LogP contribution in [0.4, 0.5) is 0 Å². The predicted molar refractivity (Wildman–Crippen MR) is 66.1 cm³/mol. The van der Waals surface area contributed by atoms with Crippen molar-refractivity contribution in [2.75, 3.05) is 26.4 Å². The lowest BCUT2D eigenvalue weighted by atomic mass is 10.2. The molecule has 16 heavy (non-hydrogen) atoms. The smallest absolute Gasteiger partial charge is 0.119 e. The fourth-order valence-corrected chi connectivity index (χ4v) is 1.38. The molecule has 2 N–H and O–H groups in total. The van der Waals surface area contributed by atoms with Crippen molar-refractivity contribution in [3.8, 4) is 5.75 Å². The summed E-state index contributed by atoms with van der Waals surface area (Å²) in [4.78, 5) is 0. The van der Waals surface area contributed by atoms with E-state index in [2.05, 4.69) is 0 Å². The third-order valence-electron chi connectivity index (χ3n) is 2.10. The number of rotatable bonds is 7. The topological polar surface area (TPSA) is 44.5 Å². The van der Waals surface area contributed by atoms with E-state index in [-0.39, 0.29) is 5.38 Å². The van der Waals surface area contributed by atoms with E-state index in [1.807, 2.05) is 31.2 Å². The van der Waals surface area contributed by atoms with Gasteiger partial charge in [0.25, 0.3) is 0 Å². The van der Waals surface area contributed by atoms with Crippen LogP contribution in [0.3, 0.4) is 0 Å². The summed E-state index contributed by atoms with van der Waals surface area (Å²) < 4.78 is 10.7. The van der Waals surface area contributed by atoms with E-state index in [1.165, 1.54) is 0 Å². The van der Waals surface area contributed by atoms with Crippen LogP contribution in [0.5, 0.6) is 5.75 Å². The average molecular weight is 244 g/mol. The summed E-state index contributed by atoms with van der Waals surface area (Å²) in [6, 6.07) is 7.76. The minimum absolute atomic E-state index is 0.0296. The number of hydrogen-bond acceptors (Lipinski definition) is 3. The fourth-order valence-electron chi connectivity index (χ4n) is 1.23. The maximum Gasteiger partial charge on any atom is 0.119 e. The van der Waals surface area contributed by atoms with E-state index in [0.29, 0.717) is 26.4 Å². The number of benzene rings is 1. The van der Waals surface area contributed by atoms with E-state index >= 15 is 0 Å². The molecule has 1 atom stereocenters. The Hall–Kier alpha value is -0.770. The number of alkyl halides is 1. The van der Waals surface area contributed by atoms with Gasteiger partial charge in [-0.1, -0.05) is 12.1 Å². The summed E-state index contributed by atoms with van der Waals surface area (Å²) >= 11 is 5.94. The standard InChI is InChI=1S/C12H18ClNO2/c1-10(13)11-2-4-12(5-3-11)16-9-8-15-7-6-14/h2-5,10H,6-9,14H2,1H3. The molecule has 0 heterocycles. The quantitative estimate of drug-likeness (QED) is 0.591. The molecule has 1 rings (SSSR count). The summed E-state index contributed by atoms with van der Waals surface area (Å²) in [5, 5.41) is 0.0296. The number of nitrogens with two attached hydrogens (primary N) is 1. The minimum Gasteiger partial charge on any atom is -0.491 e. The van der Waals surface area contributed by atoms with Crippen molar-refractivity contribution in [1.29, 1.82) is 0 Å². The van der Waals surface area contributed by atoms with Crippen molar-refractivity contribution in [3.63, 3.8) is 0 Å². The zero-order valence-corrected chi connectivity index (χ0v) is 10.2. The molecule has 0 aliphatic heterocycles. The summed E-state index contributed by atoms with van der Waals surface area (Å²) in [6.45, 7) is 4.16. The SMILES string of the molecule is CC(Cl)c1ccc(OCCOCCN)cc1. The predicted octanol–water partition coefficient (Wildman–Crippen LogP) is 2.34. The molecule has 0 saturated carbocycles. The highest BCUT2D eigenvalue weighted by Crippen LogP contribution is 2.21. The zero-order valence-electron chi connectivity index (χ0n) is 9.49. The average Bonchev–Trinajstić information content (AvgIpc) is 2.29. The molecule has 0 radical (unpaired) electrons. The molecule has 0 saturated heterocycles. The monoisotopic (exact) mass is 243 g/mol. The van der Waals surface area contributed by atoms with Gasteiger partial charge in [-0.15, -0.1) is 11.6 Å². The van der Waals surface area contributed by atoms with Gasteiger partial charge in [0.15, 0.2) is 0 Å². The van der Waals surface area contributed by atoms with Crippen molar-refractivity contribution < 1.29 is 9.47 Å². The molecule has 1 aromatic carbocycles. The van der Waals surface area contributed by atoms with Gasteiger partial charge < -0.3 is 15.2 Å². The van der Waals surface area contributed by atoms with Crippen molar-refractivity contribution in [2.45, 2.75) is 12.3 Å². The van der Waals surface area contributed by atoms with E-state index in [9.17, 15) is 0 Å². The molecule has 0 fully saturated rings. The largest absolute Gasteiger partial charge is 0.491 e. The summed E-state index contributed by atoms with van der Waals surface area (Å²) in [5.41, 5.74) is 6.38. The summed E-state index contributed by atoms with van der Waals surface area (Å²) in [5.74, 6) is 0.831. The molecular weight excluding hydrogens is 226 g/mol. The Balaban J connectivity index is 2.27. The maximum atomic E-state index is 5.94. The van der Waals surface area contributed by atoms with Crippen molar-refractivity contribution >= 4 is 11.6 Å². The summed E-state index contributed by atoms with van der Waals surface area (Å²) in [6.07, 6.45) is 0. The number of hydrogen-bond donors (Lipinski definition) is 1. The Labute approximate surface area is 101 Å². The van der Waals surface area contributed by atoms with Crippen LogP contribution in [0.1, 0.15) is 17.9 Å². The molecule has 90 valence electrons. The molecule has 4 heteroatoms. The van der Waals surface area contributed by atoms with Gasteiger partial charge in [0.2, 0.25) is 0 Å². The number of halogens is 1. The highest BCUT2D eigenvalue weighted by Gasteiger charge is 2.00. The molecule has 0 amide bonds. The van der Waals surface area contributed by atoms with Gasteiger partial charge in [-0.25, -0.2) is 0 Å². The van der Waals surface area contributed by atoms with Crippen LogP contribution >= 0.6 is 11.6 Å². The lowest BCUT2D eigenvalue weighted by molar-refractivity contribution is 0.106. The van der Waals surface area contributed by atoms with Gasteiger partial charge in [-0.05, 0) is 24.6 Å². The van der Waals surface area contributed by atoms with Gasteiger partial charge in [0.05, 0.1) is 18.6 Å². The molecule has 0 aromatic heterocycles. The minimum atomic E-state index is 0.0296. The second-order valence-electron chi connectivity index (χ2n) is 3.43. The maximum absolute atomic E-state index is 5.94. The Morgan fingerprint density at radius 2 is 1.88 bits per heavy atom. The Bertz CT molecular complexity index is 288. The molecule has 1 unspecified atom stereocenters. The Morgan fingerprint density at radius 3 is 2.44 bits per heavy atom. The van der Waals surface area contributed by atoms with Gasteiger partial charge in [-0.3, -0.25) is 0 Å². The normalized spacial score (nSPS) is 12.4. The molecular formula is C12H18ClNO2. The summed E-state index contributed by atoms with van der Waals surface area (Å²) in [7, 11) is 0. The van der Waals surface area contributed by atoms with Crippen LogP contribution in [0.25, 0.3) is 0 Å². The van der Waals surface area contributed by atoms with Crippen LogP contribution in [0.2, 0.25) is 0 Å².